The first-order valence-corrected chi connectivity index (χ1v) is 8.57. The fraction of sp³-hybridized carbons (Fsp3) is 0.0833. The highest BCUT2D eigenvalue weighted by Crippen LogP contribution is 2.41. The number of aryl methyl sites for hydroxylation is 1. The van der Waals surface area contributed by atoms with E-state index in [2.05, 4.69) is 66.7 Å². The van der Waals surface area contributed by atoms with E-state index in [0.717, 1.165) is 21.9 Å². The van der Waals surface area contributed by atoms with Gasteiger partial charge < -0.3 is 5.11 Å². The van der Waals surface area contributed by atoms with Gasteiger partial charge in [0, 0.05) is 11.5 Å². The van der Waals surface area contributed by atoms with Crippen molar-refractivity contribution in [2.75, 3.05) is 0 Å². The minimum atomic E-state index is 0.00528. The molecule has 25 heavy (non-hydrogen) atoms. The second kappa shape index (κ2) is 6.45. The molecule has 0 atom stereocenters. The van der Waals surface area contributed by atoms with Gasteiger partial charge >= 0.3 is 0 Å². The van der Waals surface area contributed by atoms with Gasteiger partial charge in [-0.3, -0.25) is 0 Å². The number of benzene rings is 4. The summed E-state index contributed by atoms with van der Waals surface area (Å²) in [6.45, 7) is 1.99. The standard InChI is InChI=1S/C24H20O/c1-17-21-15-9-8-14-20(21)16-22(24(17)25)23(18-10-4-2-5-11-18)19-12-6-3-7-13-19/h2-16,23,25H,1H3. The number of aromatic hydroxyl groups is 1. The molecule has 0 aliphatic carbocycles. The monoisotopic (exact) mass is 324 g/mol. The maximum Gasteiger partial charge on any atom is 0.123 e. The van der Waals surface area contributed by atoms with E-state index in [1.165, 1.54) is 11.1 Å². The van der Waals surface area contributed by atoms with Crippen molar-refractivity contribution in [3.05, 3.63) is 113 Å². The largest absolute Gasteiger partial charge is 0.507 e. The molecule has 0 saturated carbocycles. The van der Waals surface area contributed by atoms with Crippen molar-refractivity contribution in [3.8, 4) is 5.75 Å². The summed E-state index contributed by atoms with van der Waals surface area (Å²) >= 11 is 0. The van der Waals surface area contributed by atoms with E-state index >= 15 is 0 Å². The molecule has 1 N–H and O–H groups in total. The first-order valence-electron chi connectivity index (χ1n) is 8.57. The zero-order valence-electron chi connectivity index (χ0n) is 14.2. The lowest BCUT2D eigenvalue weighted by molar-refractivity contribution is 0.464. The van der Waals surface area contributed by atoms with Gasteiger partial charge in [-0.15, -0.1) is 0 Å². The molecule has 1 heteroatoms. The summed E-state index contributed by atoms with van der Waals surface area (Å²) < 4.78 is 0. The summed E-state index contributed by atoms with van der Waals surface area (Å²) in [5.74, 6) is 0.391. The lowest BCUT2D eigenvalue weighted by Crippen LogP contribution is -2.04. The van der Waals surface area contributed by atoms with Crippen molar-refractivity contribution < 1.29 is 5.11 Å². The SMILES string of the molecule is Cc1c(O)c(C(c2ccccc2)c2ccccc2)cc2ccccc12. The van der Waals surface area contributed by atoms with Crippen LogP contribution in [0.5, 0.6) is 5.75 Å². The minimum Gasteiger partial charge on any atom is -0.507 e. The average molecular weight is 324 g/mol. The Labute approximate surface area is 148 Å². The summed E-state index contributed by atoms with van der Waals surface area (Å²) in [6, 6.07) is 31.1. The molecule has 0 bridgehead atoms. The van der Waals surface area contributed by atoms with E-state index in [9.17, 15) is 5.11 Å². The van der Waals surface area contributed by atoms with Crippen molar-refractivity contribution >= 4 is 10.8 Å². The third-order valence-electron chi connectivity index (χ3n) is 4.88. The summed E-state index contributed by atoms with van der Waals surface area (Å²) in [5.41, 5.74) is 4.25. The van der Waals surface area contributed by atoms with Crippen LogP contribution < -0.4 is 0 Å². The Morgan fingerprint density at radius 2 is 1.20 bits per heavy atom. The molecule has 4 aromatic carbocycles. The minimum absolute atomic E-state index is 0.00528. The van der Waals surface area contributed by atoms with E-state index in [1.807, 2.05) is 31.2 Å². The number of phenolic OH excluding ortho intramolecular Hbond substituents is 1. The van der Waals surface area contributed by atoms with Crippen molar-refractivity contribution in [1.29, 1.82) is 0 Å². The van der Waals surface area contributed by atoms with Gasteiger partial charge in [0.1, 0.15) is 5.75 Å². The molecule has 0 amide bonds. The van der Waals surface area contributed by atoms with Gasteiger partial charge in [-0.05, 0) is 40.5 Å². The highest BCUT2D eigenvalue weighted by atomic mass is 16.3. The predicted molar refractivity (Wildman–Crippen MR) is 104 cm³/mol. The van der Waals surface area contributed by atoms with Gasteiger partial charge in [0.2, 0.25) is 0 Å². The molecular formula is C24H20O. The third kappa shape index (κ3) is 2.78. The molecule has 0 aliphatic rings. The average Bonchev–Trinajstić information content (AvgIpc) is 2.68. The molecular weight excluding hydrogens is 304 g/mol. The van der Waals surface area contributed by atoms with Crippen LogP contribution in [0.1, 0.15) is 28.2 Å². The van der Waals surface area contributed by atoms with E-state index in [4.69, 9.17) is 0 Å². The first-order chi connectivity index (χ1) is 12.3. The van der Waals surface area contributed by atoms with Crippen LogP contribution in [0.25, 0.3) is 10.8 Å². The van der Waals surface area contributed by atoms with Crippen LogP contribution in [0, 0.1) is 6.92 Å². The zero-order chi connectivity index (χ0) is 17.2. The Hall–Kier alpha value is -3.06. The number of fused-ring (bicyclic) bond motifs is 1. The molecule has 0 spiro atoms. The van der Waals surface area contributed by atoms with Crippen molar-refractivity contribution in [2.24, 2.45) is 0 Å². The molecule has 0 saturated heterocycles. The van der Waals surface area contributed by atoms with Crippen LogP contribution in [0.15, 0.2) is 91.0 Å². The van der Waals surface area contributed by atoms with Crippen molar-refractivity contribution in [3.63, 3.8) is 0 Å². The Bertz CT molecular complexity index is 965. The quantitative estimate of drug-likeness (QED) is 0.456. The molecule has 1 nitrogen and oxygen atoms in total. The summed E-state index contributed by atoms with van der Waals surface area (Å²) in [6.07, 6.45) is 0. The molecule has 0 aromatic heterocycles. The van der Waals surface area contributed by atoms with Crippen LogP contribution in [0.4, 0.5) is 0 Å². The Kier molecular flexibility index (Phi) is 3.99. The fourth-order valence-corrected chi connectivity index (χ4v) is 3.61. The van der Waals surface area contributed by atoms with Crippen LogP contribution in [0.2, 0.25) is 0 Å². The van der Waals surface area contributed by atoms with E-state index in [-0.39, 0.29) is 5.92 Å². The van der Waals surface area contributed by atoms with E-state index in [1.54, 1.807) is 0 Å². The Morgan fingerprint density at radius 3 is 1.80 bits per heavy atom. The van der Waals surface area contributed by atoms with Gasteiger partial charge in [-0.1, -0.05) is 84.9 Å². The van der Waals surface area contributed by atoms with Crippen molar-refractivity contribution in [2.45, 2.75) is 12.8 Å². The Morgan fingerprint density at radius 1 is 0.680 bits per heavy atom. The molecule has 4 rings (SSSR count). The van der Waals surface area contributed by atoms with Gasteiger partial charge in [0.05, 0.1) is 0 Å². The number of hydrogen-bond donors (Lipinski definition) is 1. The van der Waals surface area contributed by atoms with Crippen LogP contribution >= 0.6 is 0 Å². The predicted octanol–water partition coefficient (Wildman–Crippen LogP) is 6.03. The fourth-order valence-electron chi connectivity index (χ4n) is 3.61. The third-order valence-corrected chi connectivity index (χ3v) is 4.88. The van der Waals surface area contributed by atoms with Gasteiger partial charge in [0.15, 0.2) is 0 Å². The maximum atomic E-state index is 11.0. The molecule has 0 aliphatic heterocycles. The second-order valence-corrected chi connectivity index (χ2v) is 6.41. The molecule has 0 radical (unpaired) electrons. The van der Waals surface area contributed by atoms with Crippen LogP contribution in [0.3, 0.4) is 0 Å². The van der Waals surface area contributed by atoms with Gasteiger partial charge in [-0.2, -0.15) is 0 Å². The lowest BCUT2D eigenvalue weighted by atomic mass is 9.83. The molecule has 0 heterocycles. The topological polar surface area (TPSA) is 20.2 Å². The number of rotatable bonds is 3. The zero-order valence-corrected chi connectivity index (χ0v) is 14.2. The molecule has 0 fully saturated rings. The van der Waals surface area contributed by atoms with Gasteiger partial charge in [0.25, 0.3) is 0 Å². The molecule has 122 valence electrons. The number of phenols is 1. The maximum absolute atomic E-state index is 11.0. The highest BCUT2D eigenvalue weighted by Gasteiger charge is 2.21. The lowest BCUT2D eigenvalue weighted by Gasteiger charge is -2.22. The normalized spacial score (nSPS) is 11.1. The molecule has 0 unspecified atom stereocenters. The van der Waals surface area contributed by atoms with Gasteiger partial charge in [-0.25, -0.2) is 0 Å². The second-order valence-electron chi connectivity index (χ2n) is 6.41. The highest BCUT2D eigenvalue weighted by molar-refractivity contribution is 5.89. The summed E-state index contributed by atoms with van der Waals surface area (Å²) in [7, 11) is 0. The van der Waals surface area contributed by atoms with Crippen molar-refractivity contribution in [1.82, 2.24) is 0 Å². The smallest absolute Gasteiger partial charge is 0.123 e. The summed E-state index contributed by atoms with van der Waals surface area (Å²) in [4.78, 5) is 0. The van der Waals surface area contributed by atoms with Crippen LogP contribution in [-0.4, -0.2) is 5.11 Å². The number of hydrogen-bond acceptors (Lipinski definition) is 1. The van der Waals surface area contributed by atoms with E-state index < -0.39 is 0 Å². The Balaban J connectivity index is 2.00. The first kappa shape index (κ1) is 15.5. The molecule has 4 aromatic rings. The van der Waals surface area contributed by atoms with Crippen LogP contribution in [-0.2, 0) is 0 Å². The summed E-state index contributed by atoms with van der Waals surface area (Å²) in [5, 5.41) is 13.2. The van der Waals surface area contributed by atoms with E-state index in [0.29, 0.717) is 5.75 Å².